The van der Waals surface area contributed by atoms with Gasteiger partial charge in [0.05, 0.1) is 25.7 Å². The Kier molecular flexibility index (Phi) is 5.87. The molecule has 0 bridgehead atoms. The minimum atomic E-state index is -1.15. The molecule has 2 rings (SSSR count). The summed E-state index contributed by atoms with van der Waals surface area (Å²) in [5.74, 6) is -1.74. The number of benzene rings is 2. The number of methoxy groups -OCH3 is 1. The molecule has 6 heteroatoms. The average Bonchev–Trinajstić information content (AvgIpc) is 2.57. The average molecular weight is 335 g/mol. The zero-order chi connectivity index (χ0) is 17.7. The number of nitrogens with one attached hydrogen (secondary N) is 1. The van der Waals surface area contributed by atoms with Crippen molar-refractivity contribution in [2.75, 3.05) is 7.11 Å². The fourth-order valence-electron chi connectivity index (χ4n) is 2.39. The van der Waals surface area contributed by atoms with Gasteiger partial charge < -0.3 is 15.2 Å². The van der Waals surface area contributed by atoms with Crippen LogP contribution in [0.15, 0.2) is 42.5 Å². The van der Waals surface area contributed by atoms with E-state index in [1.165, 1.54) is 13.2 Å². The van der Waals surface area contributed by atoms with Crippen molar-refractivity contribution < 1.29 is 23.4 Å². The normalized spacial score (nSPS) is 13.2. The first kappa shape index (κ1) is 17.9. The largest absolute Gasteiger partial charge is 0.496 e. The summed E-state index contributed by atoms with van der Waals surface area (Å²) in [6.07, 6.45) is -1.07. The fraction of sp³-hybridized carbons (Fsp3) is 0.278. The Bertz CT molecular complexity index is 721. The summed E-state index contributed by atoms with van der Waals surface area (Å²) in [5, 5.41) is 12.8. The molecule has 0 aliphatic rings. The highest BCUT2D eigenvalue weighted by atomic mass is 19.2. The predicted octanol–water partition coefficient (Wildman–Crippen LogP) is 2.75. The van der Waals surface area contributed by atoms with Crippen molar-refractivity contribution in [2.45, 2.75) is 25.5 Å². The van der Waals surface area contributed by atoms with Crippen LogP contribution in [0.1, 0.15) is 24.2 Å². The second-order valence-electron chi connectivity index (χ2n) is 5.46. The van der Waals surface area contributed by atoms with E-state index >= 15 is 0 Å². The lowest BCUT2D eigenvalue weighted by Gasteiger charge is -2.21. The maximum atomic E-state index is 13.2. The number of rotatable bonds is 6. The van der Waals surface area contributed by atoms with E-state index in [9.17, 15) is 18.7 Å². The van der Waals surface area contributed by atoms with E-state index in [0.717, 1.165) is 12.1 Å². The number of hydrogen-bond donors (Lipinski definition) is 2. The number of amides is 1. The van der Waals surface area contributed by atoms with Crippen molar-refractivity contribution in [1.29, 1.82) is 0 Å². The van der Waals surface area contributed by atoms with E-state index in [0.29, 0.717) is 11.3 Å². The second kappa shape index (κ2) is 7.88. The summed E-state index contributed by atoms with van der Waals surface area (Å²) in [5.41, 5.74) is 0.908. The number of carbonyl (C=O) groups excluding carboxylic acids is 1. The minimum Gasteiger partial charge on any atom is -0.496 e. The number of halogens is 2. The van der Waals surface area contributed by atoms with Crippen molar-refractivity contribution in [1.82, 2.24) is 5.32 Å². The molecule has 0 spiro atoms. The highest BCUT2D eigenvalue weighted by Crippen LogP contribution is 2.20. The summed E-state index contributed by atoms with van der Waals surface area (Å²) in [7, 11) is 1.52. The third kappa shape index (κ3) is 4.29. The van der Waals surface area contributed by atoms with Crippen LogP contribution in [-0.2, 0) is 11.2 Å². The van der Waals surface area contributed by atoms with Crippen LogP contribution in [0.25, 0.3) is 0 Å². The summed E-state index contributed by atoms with van der Waals surface area (Å²) >= 11 is 0. The maximum Gasteiger partial charge on any atom is 0.224 e. The Balaban J connectivity index is 2.01. The van der Waals surface area contributed by atoms with Crippen LogP contribution in [0.4, 0.5) is 8.78 Å². The van der Waals surface area contributed by atoms with Crippen molar-refractivity contribution >= 4 is 5.91 Å². The topological polar surface area (TPSA) is 58.6 Å². The number of ether oxygens (including phenoxy) is 1. The van der Waals surface area contributed by atoms with Gasteiger partial charge in [-0.3, -0.25) is 4.79 Å². The highest BCUT2D eigenvalue weighted by Gasteiger charge is 2.20. The molecule has 128 valence electrons. The van der Waals surface area contributed by atoms with E-state index in [1.807, 2.05) is 0 Å². The summed E-state index contributed by atoms with van der Waals surface area (Å²) in [6.45, 7) is 1.59. The van der Waals surface area contributed by atoms with Crippen LogP contribution < -0.4 is 10.1 Å². The molecule has 2 aromatic carbocycles. The molecule has 0 aliphatic carbocycles. The Morgan fingerprint density at radius 3 is 2.58 bits per heavy atom. The number of hydrogen-bond acceptors (Lipinski definition) is 3. The predicted molar refractivity (Wildman–Crippen MR) is 85.6 cm³/mol. The zero-order valence-corrected chi connectivity index (χ0v) is 13.4. The maximum absolute atomic E-state index is 13.2. The molecule has 0 aliphatic heterocycles. The molecule has 0 heterocycles. The van der Waals surface area contributed by atoms with Crippen molar-refractivity contribution in [3.63, 3.8) is 0 Å². The van der Waals surface area contributed by atoms with Gasteiger partial charge in [0.25, 0.3) is 0 Å². The molecule has 0 aromatic heterocycles. The molecular weight excluding hydrogens is 316 g/mol. The van der Waals surface area contributed by atoms with E-state index in [-0.39, 0.29) is 17.9 Å². The van der Waals surface area contributed by atoms with Crippen molar-refractivity contribution in [2.24, 2.45) is 0 Å². The number of aliphatic hydroxyl groups excluding tert-OH is 1. The van der Waals surface area contributed by atoms with Crippen LogP contribution in [-0.4, -0.2) is 24.2 Å². The zero-order valence-electron chi connectivity index (χ0n) is 13.4. The van der Waals surface area contributed by atoms with Gasteiger partial charge in [0.15, 0.2) is 11.6 Å². The van der Waals surface area contributed by atoms with E-state index in [1.54, 1.807) is 31.2 Å². The third-order valence-corrected chi connectivity index (χ3v) is 3.69. The molecule has 0 fully saturated rings. The van der Waals surface area contributed by atoms with Gasteiger partial charge in [0, 0.05) is 5.56 Å². The van der Waals surface area contributed by atoms with E-state index < -0.39 is 23.8 Å². The third-order valence-electron chi connectivity index (χ3n) is 3.69. The van der Waals surface area contributed by atoms with Crippen LogP contribution in [0, 0.1) is 11.6 Å². The molecule has 2 N–H and O–H groups in total. The van der Waals surface area contributed by atoms with Gasteiger partial charge in [0.2, 0.25) is 5.91 Å². The SMILES string of the molecule is COc1ccccc1CC(=O)NC(C)C(O)c1ccc(F)c(F)c1. The monoisotopic (exact) mass is 335 g/mol. The second-order valence-corrected chi connectivity index (χ2v) is 5.46. The van der Waals surface area contributed by atoms with Gasteiger partial charge in [-0.25, -0.2) is 8.78 Å². The lowest BCUT2D eigenvalue weighted by atomic mass is 10.0. The number of carbonyl (C=O) groups is 1. The molecular formula is C18H19F2NO3. The van der Waals surface area contributed by atoms with Crippen molar-refractivity contribution in [3.8, 4) is 5.75 Å². The van der Waals surface area contributed by atoms with Gasteiger partial charge in [-0.2, -0.15) is 0 Å². The van der Waals surface area contributed by atoms with E-state index in [4.69, 9.17) is 4.74 Å². The van der Waals surface area contributed by atoms with Crippen LogP contribution in [0.5, 0.6) is 5.75 Å². The van der Waals surface area contributed by atoms with Crippen molar-refractivity contribution in [3.05, 3.63) is 65.2 Å². The molecule has 1 amide bonds. The van der Waals surface area contributed by atoms with Gasteiger partial charge in [-0.15, -0.1) is 0 Å². The molecule has 2 atom stereocenters. The summed E-state index contributed by atoms with van der Waals surface area (Å²) < 4.78 is 31.4. The first-order chi connectivity index (χ1) is 11.4. The van der Waals surface area contributed by atoms with Crippen LogP contribution in [0.3, 0.4) is 0 Å². The molecule has 0 saturated carbocycles. The van der Waals surface area contributed by atoms with E-state index in [2.05, 4.69) is 5.32 Å². The van der Waals surface area contributed by atoms with Crippen LogP contribution >= 0.6 is 0 Å². The van der Waals surface area contributed by atoms with Gasteiger partial charge in [-0.05, 0) is 30.7 Å². The Morgan fingerprint density at radius 2 is 1.92 bits per heavy atom. The van der Waals surface area contributed by atoms with Gasteiger partial charge in [-0.1, -0.05) is 24.3 Å². The highest BCUT2D eigenvalue weighted by molar-refractivity contribution is 5.79. The number of para-hydroxylation sites is 1. The number of aliphatic hydroxyl groups is 1. The first-order valence-corrected chi connectivity index (χ1v) is 7.46. The Hall–Kier alpha value is -2.47. The molecule has 0 saturated heterocycles. The summed E-state index contributed by atoms with van der Waals surface area (Å²) in [4.78, 5) is 12.1. The first-order valence-electron chi connectivity index (χ1n) is 7.46. The molecule has 0 radical (unpaired) electrons. The Morgan fingerprint density at radius 1 is 1.21 bits per heavy atom. The lowest BCUT2D eigenvalue weighted by Crippen LogP contribution is -2.38. The molecule has 2 aromatic rings. The van der Waals surface area contributed by atoms with Crippen LogP contribution in [0.2, 0.25) is 0 Å². The van der Waals surface area contributed by atoms with Gasteiger partial charge >= 0.3 is 0 Å². The minimum absolute atomic E-state index is 0.0822. The molecule has 2 unspecified atom stereocenters. The quantitative estimate of drug-likeness (QED) is 0.853. The lowest BCUT2D eigenvalue weighted by molar-refractivity contribution is -0.121. The smallest absolute Gasteiger partial charge is 0.224 e. The standard InChI is InChI=1S/C18H19F2NO3/c1-11(18(23)13-7-8-14(19)15(20)9-13)21-17(22)10-12-5-3-4-6-16(12)24-2/h3-9,11,18,23H,10H2,1-2H3,(H,21,22). The molecule has 4 nitrogen and oxygen atoms in total. The Labute approximate surface area is 139 Å². The summed E-state index contributed by atoms with van der Waals surface area (Å²) in [6, 6.07) is 9.60. The van der Waals surface area contributed by atoms with Gasteiger partial charge in [0.1, 0.15) is 5.75 Å². The molecule has 24 heavy (non-hydrogen) atoms. The fourth-order valence-corrected chi connectivity index (χ4v) is 2.39.